The highest BCUT2D eigenvalue weighted by Gasteiger charge is 2.17. The van der Waals surface area contributed by atoms with Gasteiger partial charge in [-0.1, -0.05) is 6.07 Å². The highest BCUT2D eigenvalue weighted by molar-refractivity contribution is 6.04. The van der Waals surface area contributed by atoms with Crippen LogP contribution in [0.1, 0.15) is 21.6 Å². The van der Waals surface area contributed by atoms with Gasteiger partial charge in [0.1, 0.15) is 17.4 Å². The van der Waals surface area contributed by atoms with Crippen LogP contribution in [-0.2, 0) is 6.54 Å². The van der Waals surface area contributed by atoms with Crippen molar-refractivity contribution in [2.75, 3.05) is 33.3 Å². The van der Waals surface area contributed by atoms with Crippen LogP contribution in [0.2, 0.25) is 0 Å². The van der Waals surface area contributed by atoms with E-state index in [-0.39, 0.29) is 5.78 Å². The number of ketones is 1. The number of allylic oxidation sites excluding steroid dienone is 1. The number of benzene rings is 2. The van der Waals surface area contributed by atoms with Crippen LogP contribution < -0.4 is 4.74 Å². The first-order chi connectivity index (χ1) is 15.9. The van der Waals surface area contributed by atoms with Gasteiger partial charge in [0, 0.05) is 68.4 Å². The normalized spacial score (nSPS) is 14.7. The third-order valence-corrected chi connectivity index (χ3v) is 5.71. The Morgan fingerprint density at radius 1 is 1.12 bits per heavy atom. The lowest BCUT2D eigenvalue weighted by molar-refractivity contribution is 0.104. The fourth-order valence-corrected chi connectivity index (χ4v) is 3.83. The minimum Gasteiger partial charge on any atom is -0.495 e. The van der Waals surface area contributed by atoms with Gasteiger partial charge in [0.2, 0.25) is 0 Å². The SMILES string of the molecule is COc1cc(C(=O)C=CN2CCN(Cc3ccc(F)cc3F)CC2)ccc1-n1cnc(C)c1. The number of carbonyl (C=O) groups is 1. The molecule has 0 saturated carbocycles. The third kappa shape index (κ3) is 5.46. The molecule has 1 aromatic heterocycles. The number of carbonyl (C=O) groups excluding carboxylic acids is 1. The van der Waals surface area contributed by atoms with Crippen molar-refractivity contribution >= 4 is 5.78 Å². The van der Waals surface area contributed by atoms with Gasteiger partial charge in [-0.25, -0.2) is 13.8 Å². The molecule has 0 N–H and O–H groups in total. The molecule has 3 aromatic rings. The molecule has 4 rings (SSSR count). The largest absolute Gasteiger partial charge is 0.495 e. The Morgan fingerprint density at radius 2 is 1.91 bits per heavy atom. The molecule has 1 aliphatic rings. The molecule has 6 nitrogen and oxygen atoms in total. The molecule has 0 amide bonds. The van der Waals surface area contributed by atoms with Crippen molar-refractivity contribution in [1.82, 2.24) is 19.4 Å². The van der Waals surface area contributed by atoms with Crippen molar-refractivity contribution in [3.8, 4) is 11.4 Å². The number of hydrogen-bond acceptors (Lipinski definition) is 5. The fourth-order valence-electron chi connectivity index (χ4n) is 3.83. The zero-order valence-corrected chi connectivity index (χ0v) is 18.7. The minimum absolute atomic E-state index is 0.113. The summed E-state index contributed by atoms with van der Waals surface area (Å²) in [5.74, 6) is -0.613. The quantitative estimate of drug-likeness (QED) is 0.401. The third-order valence-electron chi connectivity index (χ3n) is 5.71. The zero-order valence-electron chi connectivity index (χ0n) is 18.7. The first kappa shape index (κ1) is 22.7. The number of methoxy groups -OCH3 is 1. The van der Waals surface area contributed by atoms with Gasteiger partial charge in [0.15, 0.2) is 5.78 Å². The van der Waals surface area contributed by atoms with Crippen molar-refractivity contribution in [3.63, 3.8) is 0 Å². The van der Waals surface area contributed by atoms with Crippen LogP contribution in [0, 0.1) is 18.6 Å². The molecule has 0 aliphatic carbocycles. The lowest BCUT2D eigenvalue weighted by atomic mass is 10.1. The number of aryl methyl sites for hydroxylation is 1. The van der Waals surface area contributed by atoms with E-state index < -0.39 is 11.6 Å². The Labute approximate surface area is 191 Å². The molecule has 0 bridgehead atoms. The molecule has 0 radical (unpaired) electrons. The van der Waals surface area contributed by atoms with Crippen LogP contribution >= 0.6 is 0 Å². The minimum atomic E-state index is -0.569. The molecule has 1 fully saturated rings. The number of aromatic nitrogens is 2. The molecule has 2 heterocycles. The second kappa shape index (κ2) is 9.95. The highest BCUT2D eigenvalue weighted by Crippen LogP contribution is 2.25. The van der Waals surface area contributed by atoms with Crippen LogP contribution in [0.25, 0.3) is 5.69 Å². The molecule has 172 valence electrons. The summed E-state index contributed by atoms with van der Waals surface area (Å²) in [4.78, 5) is 21.1. The van der Waals surface area contributed by atoms with Gasteiger partial charge >= 0.3 is 0 Å². The first-order valence-corrected chi connectivity index (χ1v) is 10.7. The maximum Gasteiger partial charge on any atom is 0.187 e. The number of nitrogens with zero attached hydrogens (tertiary/aromatic N) is 4. The molecule has 0 unspecified atom stereocenters. The Balaban J connectivity index is 1.34. The number of rotatable bonds is 7. The summed E-state index contributed by atoms with van der Waals surface area (Å²) in [6.07, 6.45) is 6.96. The summed E-state index contributed by atoms with van der Waals surface area (Å²) < 4.78 is 34.3. The van der Waals surface area contributed by atoms with Crippen LogP contribution in [0.15, 0.2) is 61.2 Å². The summed E-state index contributed by atoms with van der Waals surface area (Å²) >= 11 is 0. The summed E-state index contributed by atoms with van der Waals surface area (Å²) in [7, 11) is 1.57. The van der Waals surface area contributed by atoms with Gasteiger partial charge in [0.25, 0.3) is 0 Å². The van der Waals surface area contributed by atoms with E-state index in [9.17, 15) is 13.6 Å². The molecule has 1 saturated heterocycles. The maximum absolute atomic E-state index is 13.9. The topological polar surface area (TPSA) is 50.6 Å². The van der Waals surface area contributed by atoms with Gasteiger partial charge in [-0.3, -0.25) is 9.69 Å². The molecule has 2 aromatic carbocycles. The highest BCUT2D eigenvalue weighted by atomic mass is 19.1. The Morgan fingerprint density at radius 3 is 2.58 bits per heavy atom. The van der Waals surface area contributed by atoms with Crippen molar-refractivity contribution in [3.05, 3.63) is 89.7 Å². The molecular formula is C25H26F2N4O2. The average molecular weight is 453 g/mol. The molecular weight excluding hydrogens is 426 g/mol. The maximum atomic E-state index is 13.9. The lowest BCUT2D eigenvalue weighted by Gasteiger charge is -2.34. The second-order valence-electron chi connectivity index (χ2n) is 8.04. The van der Waals surface area contributed by atoms with E-state index in [0.29, 0.717) is 23.4 Å². The number of ether oxygens (including phenoxy) is 1. The zero-order chi connectivity index (χ0) is 23.4. The fraction of sp³-hybridized carbons (Fsp3) is 0.280. The van der Waals surface area contributed by atoms with Crippen LogP contribution in [0.5, 0.6) is 5.75 Å². The molecule has 8 heteroatoms. The monoisotopic (exact) mass is 452 g/mol. The van der Waals surface area contributed by atoms with Crippen molar-refractivity contribution in [2.45, 2.75) is 13.5 Å². The molecule has 1 aliphatic heterocycles. The molecule has 0 atom stereocenters. The van der Waals surface area contributed by atoms with Crippen LogP contribution in [-0.4, -0.2) is 58.4 Å². The van der Waals surface area contributed by atoms with Crippen LogP contribution in [0.4, 0.5) is 8.78 Å². The van der Waals surface area contributed by atoms with E-state index in [2.05, 4.69) is 14.8 Å². The number of piperazine rings is 1. The second-order valence-corrected chi connectivity index (χ2v) is 8.04. The number of halogens is 2. The van der Waals surface area contributed by atoms with Gasteiger partial charge in [-0.2, -0.15) is 0 Å². The van der Waals surface area contributed by atoms with Crippen molar-refractivity contribution in [2.24, 2.45) is 0 Å². The summed E-state index contributed by atoms with van der Waals surface area (Å²) in [6.45, 7) is 5.23. The average Bonchev–Trinajstić information content (AvgIpc) is 3.25. The summed E-state index contributed by atoms with van der Waals surface area (Å²) in [5, 5.41) is 0. The Hall–Kier alpha value is -3.52. The lowest BCUT2D eigenvalue weighted by Crippen LogP contribution is -2.43. The molecule has 33 heavy (non-hydrogen) atoms. The van der Waals surface area contributed by atoms with Crippen LogP contribution in [0.3, 0.4) is 0 Å². The summed E-state index contributed by atoms with van der Waals surface area (Å²) in [5.41, 5.74) is 2.73. The standard InChI is InChI=1S/C25H26F2N4O2/c1-18-15-31(17-28-18)23-6-4-19(13-25(23)33-2)24(32)7-8-29-9-11-30(12-10-29)16-20-3-5-21(26)14-22(20)27/h3-8,13-15,17H,9-12,16H2,1-2H3. The number of hydrogen-bond donors (Lipinski definition) is 0. The van der Waals surface area contributed by atoms with E-state index in [1.807, 2.05) is 23.8 Å². The van der Waals surface area contributed by atoms with E-state index in [1.165, 1.54) is 12.1 Å². The summed E-state index contributed by atoms with van der Waals surface area (Å²) in [6, 6.07) is 9.03. The van der Waals surface area contributed by atoms with Gasteiger partial charge < -0.3 is 14.2 Å². The van der Waals surface area contributed by atoms with E-state index >= 15 is 0 Å². The van der Waals surface area contributed by atoms with E-state index in [1.54, 1.807) is 37.8 Å². The van der Waals surface area contributed by atoms with E-state index in [0.717, 1.165) is 43.6 Å². The Bertz CT molecular complexity index is 1170. The Kier molecular flexibility index (Phi) is 6.84. The van der Waals surface area contributed by atoms with Gasteiger partial charge in [-0.15, -0.1) is 0 Å². The predicted molar refractivity (Wildman–Crippen MR) is 122 cm³/mol. The first-order valence-electron chi connectivity index (χ1n) is 10.7. The smallest absolute Gasteiger partial charge is 0.187 e. The van der Waals surface area contributed by atoms with Gasteiger partial charge in [0.05, 0.1) is 24.8 Å². The van der Waals surface area contributed by atoms with E-state index in [4.69, 9.17) is 4.74 Å². The number of imidazole rings is 1. The van der Waals surface area contributed by atoms with Crippen molar-refractivity contribution < 1.29 is 18.3 Å². The predicted octanol–water partition coefficient (Wildman–Crippen LogP) is 3.98. The molecule has 0 spiro atoms. The van der Waals surface area contributed by atoms with Crippen molar-refractivity contribution in [1.29, 1.82) is 0 Å². The van der Waals surface area contributed by atoms with Gasteiger partial charge in [-0.05, 0) is 31.2 Å².